The summed E-state index contributed by atoms with van der Waals surface area (Å²) in [7, 11) is 3.25. The van der Waals surface area contributed by atoms with Gasteiger partial charge in [0.25, 0.3) is 5.91 Å². The number of benzene rings is 1. The van der Waals surface area contributed by atoms with Crippen LogP contribution in [0.1, 0.15) is 16.1 Å². The lowest BCUT2D eigenvalue weighted by molar-refractivity contribution is -0.137. The summed E-state index contributed by atoms with van der Waals surface area (Å²) in [4.78, 5) is 18.2. The summed E-state index contributed by atoms with van der Waals surface area (Å²) < 4.78 is 50.6. The summed E-state index contributed by atoms with van der Waals surface area (Å²) in [5.74, 6) is 0.329. The molecule has 0 atom stereocenters. The zero-order chi connectivity index (χ0) is 22.2. The van der Waals surface area contributed by atoms with Gasteiger partial charge in [0, 0.05) is 24.9 Å². The van der Waals surface area contributed by atoms with Gasteiger partial charge in [0.05, 0.1) is 31.5 Å². The Hall–Kier alpha value is -3.56. The van der Waals surface area contributed by atoms with E-state index in [-0.39, 0.29) is 24.9 Å². The molecule has 0 aliphatic carbocycles. The minimum atomic E-state index is -4.47. The highest BCUT2D eigenvalue weighted by Gasteiger charge is 2.35. The molecule has 162 valence electrons. The lowest BCUT2D eigenvalue weighted by Gasteiger charge is -2.38. The number of aryl methyl sites for hydroxylation is 1. The van der Waals surface area contributed by atoms with Crippen LogP contribution in [0.3, 0.4) is 0 Å². The summed E-state index contributed by atoms with van der Waals surface area (Å²) >= 11 is 0. The number of likely N-dealkylation sites (tertiary alicyclic amines) is 1. The largest absolute Gasteiger partial charge is 0.497 e. The number of amides is 1. The fourth-order valence-corrected chi connectivity index (χ4v) is 3.25. The van der Waals surface area contributed by atoms with Crippen molar-refractivity contribution in [3.05, 3.63) is 59.9 Å². The Morgan fingerprint density at radius 3 is 2.65 bits per heavy atom. The zero-order valence-corrected chi connectivity index (χ0v) is 16.8. The lowest BCUT2D eigenvalue weighted by Crippen LogP contribution is -2.56. The number of pyridine rings is 1. The van der Waals surface area contributed by atoms with E-state index in [1.54, 1.807) is 25.1 Å². The van der Waals surface area contributed by atoms with E-state index in [0.717, 1.165) is 23.9 Å². The first-order valence-electron chi connectivity index (χ1n) is 9.42. The third kappa shape index (κ3) is 4.32. The van der Waals surface area contributed by atoms with Gasteiger partial charge in [0.15, 0.2) is 0 Å². The van der Waals surface area contributed by atoms with Crippen LogP contribution >= 0.6 is 0 Å². The third-order valence-electron chi connectivity index (χ3n) is 4.95. The van der Waals surface area contributed by atoms with E-state index in [1.807, 2.05) is 24.3 Å². The molecule has 3 heterocycles. The molecule has 0 bridgehead atoms. The third-order valence-corrected chi connectivity index (χ3v) is 4.95. The van der Waals surface area contributed by atoms with E-state index in [1.165, 1.54) is 4.68 Å². The van der Waals surface area contributed by atoms with E-state index in [2.05, 4.69) is 10.1 Å². The first kappa shape index (κ1) is 20.7. The second-order valence-corrected chi connectivity index (χ2v) is 7.10. The Labute approximate surface area is 176 Å². The molecule has 1 aromatic carbocycles. The molecule has 3 aromatic rings. The first-order valence-corrected chi connectivity index (χ1v) is 9.42. The Balaban J connectivity index is 1.40. The number of methoxy groups -OCH3 is 1. The average molecular weight is 432 g/mol. The van der Waals surface area contributed by atoms with Crippen LogP contribution in [0.25, 0.3) is 11.3 Å². The molecule has 10 heteroatoms. The Kier molecular flexibility index (Phi) is 5.30. The fourth-order valence-electron chi connectivity index (χ4n) is 3.25. The van der Waals surface area contributed by atoms with Crippen molar-refractivity contribution in [2.45, 2.75) is 12.3 Å². The summed E-state index contributed by atoms with van der Waals surface area (Å²) in [6, 6.07) is 10.8. The van der Waals surface area contributed by atoms with Crippen molar-refractivity contribution in [1.82, 2.24) is 19.7 Å². The number of ether oxygens (including phenoxy) is 2. The number of nitrogens with zero attached hydrogens (tertiary/aromatic N) is 4. The minimum absolute atomic E-state index is 0.118. The molecule has 1 aliphatic rings. The molecule has 1 amide bonds. The number of rotatable bonds is 5. The van der Waals surface area contributed by atoms with Crippen LogP contribution in [0, 0.1) is 0 Å². The van der Waals surface area contributed by atoms with Gasteiger partial charge in [-0.3, -0.25) is 9.48 Å². The molecule has 1 fully saturated rings. The van der Waals surface area contributed by atoms with Gasteiger partial charge in [-0.1, -0.05) is 12.1 Å². The van der Waals surface area contributed by atoms with Gasteiger partial charge in [-0.15, -0.1) is 0 Å². The van der Waals surface area contributed by atoms with Gasteiger partial charge in [0.2, 0.25) is 5.88 Å². The van der Waals surface area contributed by atoms with Crippen molar-refractivity contribution in [2.24, 2.45) is 7.05 Å². The van der Waals surface area contributed by atoms with E-state index in [9.17, 15) is 18.0 Å². The van der Waals surface area contributed by atoms with Gasteiger partial charge in [-0.2, -0.15) is 18.3 Å². The van der Waals surface area contributed by atoms with Crippen molar-refractivity contribution in [1.29, 1.82) is 0 Å². The molecular weight excluding hydrogens is 413 g/mol. The summed E-state index contributed by atoms with van der Waals surface area (Å²) in [5, 5.41) is 4.40. The summed E-state index contributed by atoms with van der Waals surface area (Å²) in [6.07, 6.45) is -3.84. The lowest BCUT2D eigenvalue weighted by atomic mass is 10.1. The van der Waals surface area contributed by atoms with Crippen molar-refractivity contribution in [2.75, 3.05) is 20.2 Å². The maximum Gasteiger partial charge on any atom is 0.416 e. The smallest absolute Gasteiger partial charge is 0.416 e. The van der Waals surface area contributed by atoms with E-state index >= 15 is 0 Å². The Bertz CT molecular complexity index is 1110. The number of carbonyl (C=O) groups excluding carboxylic acids is 1. The van der Waals surface area contributed by atoms with E-state index < -0.39 is 17.8 Å². The SMILES string of the molecule is COc1cccc(-c2cc(C(=O)N3CC(Oc4cc(C(F)(F)F)ccn4)C3)n(C)n2)c1. The number of hydrogen-bond acceptors (Lipinski definition) is 5. The monoisotopic (exact) mass is 432 g/mol. The van der Waals surface area contributed by atoms with Crippen molar-refractivity contribution in [3.8, 4) is 22.9 Å². The molecule has 0 radical (unpaired) electrons. The Morgan fingerprint density at radius 2 is 1.94 bits per heavy atom. The summed E-state index contributed by atoms with van der Waals surface area (Å²) in [6.45, 7) is 0.493. The molecule has 1 saturated heterocycles. The second-order valence-electron chi connectivity index (χ2n) is 7.10. The van der Waals surface area contributed by atoms with Crippen molar-refractivity contribution < 1.29 is 27.4 Å². The molecule has 0 unspecified atom stereocenters. The van der Waals surface area contributed by atoms with Gasteiger partial charge in [0.1, 0.15) is 17.5 Å². The molecular formula is C21H19F3N4O3. The quantitative estimate of drug-likeness (QED) is 0.618. The molecule has 1 aliphatic heterocycles. The zero-order valence-electron chi connectivity index (χ0n) is 16.8. The number of halogens is 3. The molecule has 4 rings (SSSR count). The van der Waals surface area contributed by atoms with Crippen LogP contribution < -0.4 is 9.47 Å². The number of alkyl halides is 3. The number of aromatic nitrogens is 3. The van der Waals surface area contributed by atoms with E-state index in [0.29, 0.717) is 17.1 Å². The van der Waals surface area contributed by atoms with Crippen LogP contribution in [0.15, 0.2) is 48.7 Å². The van der Waals surface area contributed by atoms with Gasteiger partial charge in [-0.25, -0.2) is 4.98 Å². The average Bonchev–Trinajstić information content (AvgIpc) is 3.11. The van der Waals surface area contributed by atoms with Crippen LogP contribution in [-0.2, 0) is 13.2 Å². The highest BCUT2D eigenvalue weighted by molar-refractivity contribution is 5.94. The first-order chi connectivity index (χ1) is 14.7. The highest BCUT2D eigenvalue weighted by Crippen LogP contribution is 2.31. The topological polar surface area (TPSA) is 69.5 Å². The van der Waals surface area contributed by atoms with Crippen molar-refractivity contribution >= 4 is 5.91 Å². The van der Waals surface area contributed by atoms with Gasteiger partial charge < -0.3 is 14.4 Å². The maximum atomic E-state index is 12.8. The van der Waals surface area contributed by atoms with Crippen molar-refractivity contribution in [3.63, 3.8) is 0 Å². The standard InChI is InChI=1S/C21H19F3N4O3/c1-27-18(10-17(26-27)13-4-3-5-15(8-13)30-2)20(29)28-11-16(12-28)31-19-9-14(6-7-25-19)21(22,23)24/h3-10,16H,11-12H2,1-2H3. The van der Waals surface area contributed by atoms with Gasteiger partial charge in [-0.05, 0) is 24.3 Å². The normalized spacial score (nSPS) is 14.3. The highest BCUT2D eigenvalue weighted by atomic mass is 19.4. The van der Waals surface area contributed by atoms with Gasteiger partial charge >= 0.3 is 6.18 Å². The molecule has 7 nitrogen and oxygen atoms in total. The number of carbonyl (C=O) groups is 1. The fraction of sp³-hybridized carbons (Fsp3) is 0.286. The Morgan fingerprint density at radius 1 is 1.16 bits per heavy atom. The predicted octanol–water partition coefficient (Wildman–Crippen LogP) is 3.41. The van der Waals surface area contributed by atoms with Crippen LogP contribution in [0.5, 0.6) is 11.6 Å². The van der Waals surface area contributed by atoms with E-state index in [4.69, 9.17) is 9.47 Å². The maximum absolute atomic E-state index is 12.8. The van der Waals surface area contributed by atoms with Crippen LogP contribution in [-0.4, -0.2) is 51.9 Å². The molecule has 2 aromatic heterocycles. The van der Waals surface area contributed by atoms with Crippen LogP contribution in [0.2, 0.25) is 0 Å². The molecule has 31 heavy (non-hydrogen) atoms. The second kappa shape index (κ2) is 7.93. The minimum Gasteiger partial charge on any atom is -0.497 e. The molecule has 0 spiro atoms. The molecule has 0 saturated carbocycles. The predicted molar refractivity (Wildman–Crippen MR) is 105 cm³/mol. The van der Waals surface area contributed by atoms with Crippen LogP contribution in [0.4, 0.5) is 13.2 Å². The molecule has 0 N–H and O–H groups in total. The number of hydrogen-bond donors (Lipinski definition) is 0. The summed E-state index contributed by atoms with van der Waals surface area (Å²) in [5.41, 5.74) is 1.01.